The Morgan fingerprint density at radius 2 is 1.31 bits per heavy atom. The van der Waals surface area contributed by atoms with Gasteiger partial charge in [0.2, 0.25) is 5.78 Å². The standard InChI is InChI=1S/C34H42O15/c1-4-25(34(40)49-30(23-13-9-6-10-14-23)29(36)22-11-7-5-8-12-22)45-20-27(32(38)43-16-15-35)47-21-28(33(39)48-18-24-17-44-24)46-19-26(41-2)31(37)42-3/h5-14,24-28,30,35H,4,15-21H2,1-3H3. The van der Waals surface area contributed by atoms with Gasteiger partial charge in [-0.2, -0.15) is 0 Å². The van der Waals surface area contributed by atoms with Gasteiger partial charge in [-0.1, -0.05) is 67.6 Å². The molecule has 15 nitrogen and oxygen atoms in total. The molecule has 15 heteroatoms. The summed E-state index contributed by atoms with van der Waals surface area (Å²) in [6.45, 7) is -0.383. The molecule has 268 valence electrons. The molecule has 0 spiro atoms. The van der Waals surface area contributed by atoms with Gasteiger partial charge in [0.25, 0.3) is 0 Å². The van der Waals surface area contributed by atoms with Crippen LogP contribution in [0.1, 0.15) is 35.4 Å². The van der Waals surface area contributed by atoms with E-state index in [1.165, 1.54) is 7.11 Å². The van der Waals surface area contributed by atoms with Crippen LogP contribution >= 0.6 is 0 Å². The molecule has 1 aliphatic heterocycles. The Labute approximate surface area is 283 Å². The van der Waals surface area contributed by atoms with Crippen molar-refractivity contribution in [1.82, 2.24) is 0 Å². The lowest BCUT2D eigenvalue weighted by Gasteiger charge is -2.24. The van der Waals surface area contributed by atoms with Crippen LogP contribution in [0.5, 0.6) is 0 Å². The first-order chi connectivity index (χ1) is 23.7. The van der Waals surface area contributed by atoms with Gasteiger partial charge in [-0.05, 0) is 6.42 Å². The molecular weight excluding hydrogens is 648 g/mol. The third-order valence-electron chi connectivity index (χ3n) is 7.04. The molecule has 2 aromatic rings. The van der Waals surface area contributed by atoms with Crippen LogP contribution in [0, 0.1) is 0 Å². The van der Waals surface area contributed by atoms with Crippen LogP contribution in [0.15, 0.2) is 60.7 Å². The number of ketones is 1. The second kappa shape index (κ2) is 21.0. The zero-order valence-electron chi connectivity index (χ0n) is 27.6. The predicted octanol–water partition coefficient (Wildman–Crippen LogP) is 1.38. The minimum atomic E-state index is -1.52. The SMILES string of the molecule is CCC(OCC(OCC(OCC(OC)C(=O)OC)C(=O)OCC1CO1)C(=O)OCCO)C(=O)OC(C(=O)c1ccccc1)c1ccccc1. The molecule has 0 radical (unpaired) electrons. The molecule has 0 amide bonds. The number of aliphatic hydroxyl groups is 1. The van der Waals surface area contributed by atoms with E-state index in [4.69, 9.17) is 43.0 Å². The highest BCUT2D eigenvalue weighted by atomic mass is 16.6. The second-order valence-corrected chi connectivity index (χ2v) is 10.6. The first kappa shape index (κ1) is 39.2. The number of carbonyl (C=O) groups is 5. The third kappa shape index (κ3) is 12.9. The van der Waals surface area contributed by atoms with Crippen LogP contribution in [0.4, 0.5) is 0 Å². The van der Waals surface area contributed by atoms with Crippen molar-refractivity contribution in [3.63, 3.8) is 0 Å². The zero-order valence-corrected chi connectivity index (χ0v) is 27.6. The molecule has 6 unspecified atom stereocenters. The first-order valence-electron chi connectivity index (χ1n) is 15.6. The fourth-order valence-corrected chi connectivity index (χ4v) is 4.21. The molecule has 1 fully saturated rings. The number of benzene rings is 2. The van der Waals surface area contributed by atoms with Crippen molar-refractivity contribution in [3.05, 3.63) is 71.8 Å². The summed E-state index contributed by atoms with van der Waals surface area (Å²) >= 11 is 0. The Morgan fingerprint density at radius 3 is 1.84 bits per heavy atom. The van der Waals surface area contributed by atoms with Crippen molar-refractivity contribution in [2.75, 3.05) is 60.5 Å². The second-order valence-electron chi connectivity index (χ2n) is 10.6. The molecule has 1 N–H and O–H groups in total. The maximum Gasteiger partial charge on any atom is 0.337 e. The van der Waals surface area contributed by atoms with Crippen LogP contribution < -0.4 is 0 Å². The van der Waals surface area contributed by atoms with Gasteiger partial charge in [0.15, 0.2) is 30.5 Å². The Balaban J connectivity index is 1.71. The first-order valence-corrected chi connectivity index (χ1v) is 15.6. The highest BCUT2D eigenvalue weighted by Gasteiger charge is 2.34. The number of aliphatic hydroxyl groups excluding tert-OH is 1. The number of ether oxygens (including phenoxy) is 9. The van der Waals surface area contributed by atoms with Crippen molar-refractivity contribution in [3.8, 4) is 0 Å². The highest BCUT2D eigenvalue weighted by Crippen LogP contribution is 2.24. The molecule has 6 atom stereocenters. The number of epoxide rings is 1. The van der Waals surface area contributed by atoms with Crippen molar-refractivity contribution in [2.45, 2.75) is 50.0 Å². The van der Waals surface area contributed by atoms with Gasteiger partial charge in [0.05, 0.1) is 40.1 Å². The lowest BCUT2D eigenvalue weighted by Crippen LogP contribution is -2.41. The van der Waals surface area contributed by atoms with E-state index in [1.807, 2.05) is 0 Å². The summed E-state index contributed by atoms with van der Waals surface area (Å²) in [5.41, 5.74) is 0.781. The summed E-state index contributed by atoms with van der Waals surface area (Å²) < 4.78 is 47.7. The largest absolute Gasteiger partial charge is 0.467 e. The minimum Gasteiger partial charge on any atom is -0.467 e. The summed E-state index contributed by atoms with van der Waals surface area (Å²) in [6.07, 6.45) is -6.83. The lowest BCUT2D eigenvalue weighted by atomic mass is 10.00. The van der Waals surface area contributed by atoms with Gasteiger partial charge in [0.1, 0.15) is 19.3 Å². The zero-order chi connectivity index (χ0) is 35.6. The molecule has 1 saturated heterocycles. The molecule has 0 saturated carbocycles. The Morgan fingerprint density at radius 1 is 0.755 bits per heavy atom. The number of hydrogen-bond donors (Lipinski definition) is 1. The average molecular weight is 691 g/mol. The van der Waals surface area contributed by atoms with Crippen molar-refractivity contribution >= 4 is 29.7 Å². The predicted molar refractivity (Wildman–Crippen MR) is 167 cm³/mol. The maximum atomic E-state index is 13.4. The molecular formula is C34H42O15. The van der Waals surface area contributed by atoms with Crippen molar-refractivity contribution < 1.29 is 71.7 Å². The minimum absolute atomic E-state index is 0.0501. The van der Waals surface area contributed by atoms with Crippen LogP contribution in [-0.2, 0) is 61.8 Å². The number of Topliss-reactive ketones (excluding diaryl/α,β-unsaturated/α-hetero) is 1. The molecule has 0 bridgehead atoms. The number of hydrogen-bond acceptors (Lipinski definition) is 15. The average Bonchev–Trinajstić information content (AvgIpc) is 3.97. The number of rotatable bonds is 23. The van der Waals surface area contributed by atoms with Gasteiger partial charge < -0.3 is 47.7 Å². The van der Waals surface area contributed by atoms with Crippen LogP contribution in [-0.4, -0.2) is 126 Å². The van der Waals surface area contributed by atoms with Gasteiger partial charge in [-0.3, -0.25) is 4.79 Å². The summed E-state index contributed by atoms with van der Waals surface area (Å²) in [7, 11) is 2.41. The highest BCUT2D eigenvalue weighted by molar-refractivity contribution is 6.01. The van der Waals surface area contributed by atoms with Gasteiger partial charge >= 0.3 is 23.9 Å². The lowest BCUT2D eigenvalue weighted by molar-refractivity contribution is -0.182. The smallest absolute Gasteiger partial charge is 0.337 e. The molecule has 1 heterocycles. The van der Waals surface area contributed by atoms with E-state index < -0.39 is 86.6 Å². The number of esters is 4. The summed E-state index contributed by atoms with van der Waals surface area (Å²) in [4.78, 5) is 64.4. The molecule has 49 heavy (non-hydrogen) atoms. The van der Waals surface area contributed by atoms with E-state index >= 15 is 0 Å². The fraction of sp³-hybridized carbons (Fsp3) is 0.500. The maximum absolute atomic E-state index is 13.4. The number of carbonyl (C=O) groups excluding carboxylic acids is 5. The Bertz CT molecular complexity index is 1330. The van der Waals surface area contributed by atoms with E-state index in [0.29, 0.717) is 17.7 Å². The molecule has 0 aliphatic carbocycles. The van der Waals surface area contributed by atoms with Crippen molar-refractivity contribution in [1.29, 1.82) is 0 Å². The van der Waals surface area contributed by atoms with E-state index in [0.717, 1.165) is 7.11 Å². The third-order valence-corrected chi connectivity index (χ3v) is 7.04. The van der Waals surface area contributed by atoms with Crippen LogP contribution in [0.2, 0.25) is 0 Å². The Hall–Kier alpha value is -4.25. The summed E-state index contributed by atoms with van der Waals surface area (Å²) in [5.74, 6) is -3.91. The van der Waals surface area contributed by atoms with Gasteiger partial charge in [-0.15, -0.1) is 0 Å². The quantitative estimate of drug-likeness (QED) is 0.0761. The number of methoxy groups -OCH3 is 2. The topological polar surface area (TPSA) is 192 Å². The van der Waals surface area contributed by atoms with E-state index in [1.54, 1.807) is 67.6 Å². The van der Waals surface area contributed by atoms with Gasteiger partial charge in [0, 0.05) is 18.2 Å². The van der Waals surface area contributed by atoms with E-state index in [9.17, 15) is 24.0 Å². The Kier molecular flexibility index (Phi) is 16.8. The van der Waals surface area contributed by atoms with E-state index in [-0.39, 0.29) is 25.7 Å². The van der Waals surface area contributed by atoms with Gasteiger partial charge in [-0.25, -0.2) is 19.2 Å². The van der Waals surface area contributed by atoms with E-state index in [2.05, 4.69) is 4.74 Å². The molecule has 2 aromatic carbocycles. The molecule has 0 aromatic heterocycles. The van der Waals surface area contributed by atoms with Crippen LogP contribution in [0.3, 0.4) is 0 Å². The molecule has 3 rings (SSSR count). The monoisotopic (exact) mass is 690 g/mol. The summed E-state index contributed by atoms with van der Waals surface area (Å²) in [5, 5.41) is 9.16. The molecule has 1 aliphatic rings. The normalized spacial score (nSPS) is 16.7. The van der Waals surface area contributed by atoms with Crippen molar-refractivity contribution in [2.24, 2.45) is 0 Å². The fourth-order valence-electron chi connectivity index (χ4n) is 4.21. The summed E-state index contributed by atoms with van der Waals surface area (Å²) in [6, 6.07) is 16.8. The van der Waals surface area contributed by atoms with Crippen LogP contribution in [0.25, 0.3) is 0 Å².